The van der Waals surface area contributed by atoms with E-state index in [-0.39, 0.29) is 25.2 Å². The van der Waals surface area contributed by atoms with Crippen LogP contribution in [-0.4, -0.2) is 30.4 Å². The van der Waals surface area contributed by atoms with Gasteiger partial charge in [0.15, 0.2) is 5.78 Å². The molecule has 0 aliphatic rings. The molecular formula is C11H15ClO5. The van der Waals surface area contributed by atoms with Gasteiger partial charge in [0, 0.05) is 18.9 Å². The van der Waals surface area contributed by atoms with Crippen LogP contribution in [0.4, 0.5) is 0 Å². The number of hydrogen-bond donors (Lipinski definition) is 0. The third-order valence-corrected chi connectivity index (χ3v) is 1.84. The normalized spacial score (nSPS) is 12.2. The second-order valence-corrected chi connectivity index (χ2v) is 3.46. The van der Waals surface area contributed by atoms with Crippen LogP contribution in [0, 0.1) is 0 Å². The number of allylic oxidation sites excluding steroid dienone is 1. The van der Waals surface area contributed by atoms with Gasteiger partial charge in [-0.25, -0.2) is 0 Å². The lowest BCUT2D eigenvalue weighted by molar-refractivity contribution is -0.153. The molecule has 0 rings (SSSR count). The molecule has 0 amide bonds. The Kier molecular flexibility index (Phi) is 8.05. The van der Waals surface area contributed by atoms with Gasteiger partial charge < -0.3 is 9.47 Å². The van der Waals surface area contributed by atoms with Crippen LogP contribution in [-0.2, 0) is 23.9 Å². The summed E-state index contributed by atoms with van der Waals surface area (Å²) < 4.78 is 9.56. The molecule has 0 saturated heterocycles. The Morgan fingerprint density at radius 2 is 1.94 bits per heavy atom. The van der Waals surface area contributed by atoms with Crippen molar-refractivity contribution in [2.75, 3.05) is 6.61 Å². The van der Waals surface area contributed by atoms with E-state index in [0.717, 1.165) is 11.6 Å². The number of halogens is 1. The van der Waals surface area contributed by atoms with Crippen molar-refractivity contribution in [2.24, 2.45) is 0 Å². The summed E-state index contributed by atoms with van der Waals surface area (Å²) in [7, 11) is 0. The van der Waals surface area contributed by atoms with Crippen molar-refractivity contribution >= 4 is 29.3 Å². The second kappa shape index (κ2) is 8.75. The predicted octanol–water partition coefficient (Wildman–Crippen LogP) is 1.58. The summed E-state index contributed by atoms with van der Waals surface area (Å²) in [6.45, 7) is 3.11. The maximum absolute atomic E-state index is 11.3. The highest BCUT2D eigenvalue weighted by Gasteiger charge is 2.20. The van der Waals surface area contributed by atoms with Gasteiger partial charge in [-0.1, -0.05) is 11.6 Å². The van der Waals surface area contributed by atoms with Crippen LogP contribution < -0.4 is 0 Å². The van der Waals surface area contributed by atoms with E-state index in [2.05, 4.69) is 0 Å². The average Bonchev–Trinajstić information content (AvgIpc) is 2.16. The highest BCUT2D eigenvalue weighted by Crippen LogP contribution is 2.08. The largest absolute Gasteiger partial charge is 0.466 e. The predicted molar refractivity (Wildman–Crippen MR) is 61.4 cm³/mol. The molecular weight excluding hydrogens is 248 g/mol. The number of hydrogen-bond acceptors (Lipinski definition) is 5. The second-order valence-electron chi connectivity index (χ2n) is 3.20. The minimum Gasteiger partial charge on any atom is -0.466 e. The van der Waals surface area contributed by atoms with Crippen molar-refractivity contribution in [3.05, 3.63) is 11.6 Å². The van der Waals surface area contributed by atoms with Crippen LogP contribution >= 0.6 is 11.6 Å². The molecule has 0 aliphatic heterocycles. The number of ketones is 1. The lowest BCUT2D eigenvalue weighted by Crippen LogP contribution is -2.24. The lowest BCUT2D eigenvalue weighted by atomic mass is 10.1. The highest BCUT2D eigenvalue weighted by molar-refractivity contribution is 6.26. The summed E-state index contributed by atoms with van der Waals surface area (Å²) in [6, 6.07) is 0. The Morgan fingerprint density at radius 1 is 1.29 bits per heavy atom. The van der Waals surface area contributed by atoms with Crippen LogP contribution in [0.15, 0.2) is 11.6 Å². The molecule has 0 heterocycles. The topological polar surface area (TPSA) is 69.7 Å². The molecule has 0 N–H and O–H groups in total. The Balaban J connectivity index is 4.37. The van der Waals surface area contributed by atoms with E-state index in [1.54, 1.807) is 6.92 Å². The fraction of sp³-hybridized carbons (Fsp3) is 0.545. The summed E-state index contributed by atoms with van der Waals surface area (Å²) >= 11 is 5.24. The van der Waals surface area contributed by atoms with Gasteiger partial charge in [-0.2, -0.15) is 0 Å². The molecule has 0 aromatic carbocycles. The molecule has 0 aromatic heterocycles. The van der Waals surface area contributed by atoms with Crippen molar-refractivity contribution in [3.63, 3.8) is 0 Å². The summed E-state index contributed by atoms with van der Waals surface area (Å²) in [4.78, 5) is 33.3. The highest BCUT2D eigenvalue weighted by atomic mass is 35.5. The summed E-state index contributed by atoms with van der Waals surface area (Å²) in [5.74, 6) is -1.39. The first-order valence-electron chi connectivity index (χ1n) is 5.12. The molecule has 0 spiro atoms. The SMILES string of the molecule is CCOC(=O)C[C@@H](CC(=O)C=CCl)OC(C)=O. The zero-order valence-corrected chi connectivity index (χ0v) is 10.5. The van der Waals surface area contributed by atoms with E-state index < -0.39 is 18.0 Å². The van der Waals surface area contributed by atoms with E-state index in [9.17, 15) is 14.4 Å². The van der Waals surface area contributed by atoms with Crippen molar-refractivity contribution in [3.8, 4) is 0 Å². The molecule has 5 nitrogen and oxygen atoms in total. The van der Waals surface area contributed by atoms with Crippen molar-refractivity contribution < 1.29 is 23.9 Å². The Bertz CT molecular complexity index is 311. The van der Waals surface area contributed by atoms with Crippen LogP contribution in [0.25, 0.3) is 0 Å². The fourth-order valence-corrected chi connectivity index (χ4v) is 1.30. The average molecular weight is 263 g/mol. The quantitative estimate of drug-likeness (QED) is 0.515. The minimum atomic E-state index is -0.813. The number of rotatable bonds is 7. The van der Waals surface area contributed by atoms with Gasteiger partial charge in [-0.15, -0.1) is 0 Å². The van der Waals surface area contributed by atoms with Crippen molar-refractivity contribution in [2.45, 2.75) is 32.8 Å². The van der Waals surface area contributed by atoms with Gasteiger partial charge in [0.1, 0.15) is 6.10 Å². The molecule has 6 heteroatoms. The Labute approximate surface area is 105 Å². The zero-order valence-electron chi connectivity index (χ0n) is 9.77. The Morgan fingerprint density at radius 3 is 2.41 bits per heavy atom. The fourth-order valence-electron chi connectivity index (χ4n) is 1.16. The third kappa shape index (κ3) is 8.45. The van der Waals surface area contributed by atoms with E-state index >= 15 is 0 Å². The third-order valence-electron chi connectivity index (χ3n) is 1.71. The lowest BCUT2D eigenvalue weighted by Gasteiger charge is -2.14. The first-order chi connectivity index (χ1) is 7.99. The van der Waals surface area contributed by atoms with E-state index in [1.807, 2.05) is 0 Å². The van der Waals surface area contributed by atoms with Gasteiger partial charge in [0.05, 0.1) is 13.0 Å². The van der Waals surface area contributed by atoms with E-state index in [0.29, 0.717) is 0 Å². The van der Waals surface area contributed by atoms with Gasteiger partial charge >= 0.3 is 11.9 Å². The van der Waals surface area contributed by atoms with Crippen LogP contribution in [0.5, 0.6) is 0 Å². The standard InChI is InChI=1S/C11H15ClO5/c1-3-16-11(15)7-10(17-8(2)13)6-9(14)4-5-12/h4-5,10H,3,6-7H2,1-2H3/t10-/m1/s1. The first-order valence-corrected chi connectivity index (χ1v) is 5.55. The minimum absolute atomic E-state index is 0.0956. The molecule has 1 atom stereocenters. The van der Waals surface area contributed by atoms with Gasteiger partial charge in [0.25, 0.3) is 0 Å². The summed E-state index contributed by atoms with van der Waals surface area (Å²) in [5.41, 5.74) is 1.07. The first kappa shape index (κ1) is 15.6. The van der Waals surface area contributed by atoms with Crippen LogP contribution in [0.1, 0.15) is 26.7 Å². The van der Waals surface area contributed by atoms with E-state index in [1.165, 1.54) is 6.92 Å². The molecule has 0 aliphatic carbocycles. The van der Waals surface area contributed by atoms with Gasteiger partial charge in [-0.3, -0.25) is 14.4 Å². The van der Waals surface area contributed by atoms with Crippen LogP contribution in [0.2, 0.25) is 0 Å². The van der Waals surface area contributed by atoms with Crippen molar-refractivity contribution in [1.29, 1.82) is 0 Å². The molecule has 0 saturated carbocycles. The molecule has 17 heavy (non-hydrogen) atoms. The molecule has 0 radical (unpaired) electrons. The van der Waals surface area contributed by atoms with E-state index in [4.69, 9.17) is 21.1 Å². The molecule has 0 bridgehead atoms. The smallest absolute Gasteiger partial charge is 0.309 e. The maximum atomic E-state index is 11.3. The molecule has 0 aromatic rings. The molecule has 0 unspecified atom stereocenters. The Hall–Kier alpha value is -1.36. The van der Waals surface area contributed by atoms with Crippen LogP contribution in [0.3, 0.4) is 0 Å². The van der Waals surface area contributed by atoms with Gasteiger partial charge in [-0.05, 0) is 13.0 Å². The zero-order chi connectivity index (χ0) is 13.3. The van der Waals surface area contributed by atoms with Gasteiger partial charge in [0.2, 0.25) is 0 Å². The maximum Gasteiger partial charge on any atom is 0.309 e. The summed E-state index contributed by atoms with van der Waals surface area (Å²) in [6.07, 6.45) is 0.0898. The molecule has 0 fully saturated rings. The molecule has 96 valence electrons. The number of carbonyl (C=O) groups is 3. The number of esters is 2. The number of ether oxygens (including phenoxy) is 2. The monoisotopic (exact) mass is 262 g/mol. The van der Waals surface area contributed by atoms with Crippen molar-refractivity contribution in [1.82, 2.24) is 0 Å². The number of carbonyl (C=O) groups excluding carboxylic acids is 3. The summed E-state index contributed by atoms with van der Waals surface area (Å²) in [5, 5.41) is 0.